The van der Waals surface area contributed by atoms with Crippen molar-refractivity contribution in [2.24, 2.45) is 5.14 Å². The molecular weight excluding hydrogens is 182 g/mol. The standard InChI is InChI=1S/C6H7NO2S2/c7-11(8,9)4-2-6-1-3-10-5-6/h1-5H,(H2,7,8,9). The summed E-state index contributed by atoms with van der Waals surface area (Å²) in [6.45, 7) is 0. The Balaban J connectivity index is 2.79. The molecule has 0 aliphatic rings. The average molecular weight is 189 g/mol. The quantitative estimate of drug-likeness (QED) is 0.754. The third-order valence-corrected chi connectivity index (χ3v) is 2.21. The smallest absolute Gasteiger partial charge is 0.225 e. The molecule has 0 bridgehead atoms. The first-order chi connectivity index (χ1) is 5.08. The van der Waals surface area contributed by atoms with Gasteiger partial charge in [0.1, 0.15) is 0 Å². The van der Waals surface area contributed by atoms with Crippen molar-refractivity contribution in [3.8, 4) is 0 Å². The lowest BCUT2D eigenvalue weighted by Crippen LogP contribution is -2.06. The van der Waals surface area contributed by atoms with Crippen LogP contribution in [0.25, 0.3) is 6.08 Å². The van der Waals surface area contributed by atoms with Crippen LogP contribution in [0.2, 0.25) is 0 Å². The van der Waals surface area contributed by atoms with Gasteiger partial charge in [0.05, 0.1) is 0 Å². The van der Waals surface area contributed by atoms with E-state index in [9.17, 15) is 8.42 Å². The van der Waals surface area contributed by atoms with E-state index in [-0.39, 0.29) is 0 Å². The molecule has 2 N–H and O–H groups in total. The minimum Gasteiger partial charge on any atom is -0.225 e. The van der Waals surface area contributed by atoms with Crippen molar-refractivity contribution in [3.63, 3.8) is 0 Å². The fraction of sp³-hybridized carbons (Fsp3) is 0. The summed E-state index contributed by atoms with van der Waals surface area (Å²) < 4.78 is 20.8. The van der Waals surface area contributed by atoms with Crippen LogP contribution in [-0.4, -0.2) is 8.42 Å². The van der Waals surface area contributed by atoms with Gasteiger partial charge in [-0.05, 0) is 28.5 Å². The van der Waals surface area contributed by atoms with Crippen molar-refractivity contribution in [1.82, 2.24) is 0 Å². The van der Waals surface area contributed by atoms with Crippen molar-refractivity contribution < 1.29 is 8.42 Å². The molecule has 0 spiro atoms. The van der Waals surface area contributed by atoms with Gasteiger partial charge in [0.15, 0.2) is 0 Å². The highest BCUT2D eigenvalue weighted by Gasteiger charge is 1.92. The highest BCUT2D eigenvalue weighted by molar-refractivity contribution is 7.92. The Bertz CT molecular complexity index is 337. The SMILES string of the molecule is NS(=O)(=O)C=Cc1ccsc1. The number of sulfonamides is 1. The Labute approximate surface area is 69.2 Å². The number of primary sulfonamides is 1. The zero-order valence-corrected chi connectivity index (χ0v) is 7.23. The third kappa shape index (κ3) is 3.31. The molecule has 0 aliphatic carbocycles. The summed E-state index contributed by atoms with van der Waals surface area (Å²) in [5.41, 5.74) is 0.851. The first-order valence-corrected chi connectivity index (χ1v) is 5.36. The molecule has 1 heterocycles. The molecule has 11 heavy (non-hydrogen) atoms. The molecule has 0 aliphatic heterocycles. The predicted molar refractivity (Wildman–Crippen MR) is 46.5 cm³/mol. The van der Waals surface area contributed by atoms with Gasteiger partial charge in [-0.2, -0.15) is 11.3 Å². The fourth-order valence-electron chi connectivity index (χ4n) is 0.543. The summed E-state index contributed by atoms with van der Waals surface area (Å²) in [5, 5.41) is 9.42. The Kier molecular flexibility index (Phi) is 2.43. The van der Waals surface area contributed by atoms with Crippen LogP contribution in [0.5, 0.6) is 0 Å². The monoisotopic (exact) mass is 189 g/mol. The number of nitrogens with two attached hydrogens (primary N) is 1. The molecule has 0 amide bonds. The average Bonchev–Trinajstić information content (AvgIpc) is 2.32. The molecule has 60 valence electrons. The second-order valence-corrected chi connectivity index (χ2v) is 4.18. The summed E-state index contributed by atoms with van der Waals surface area (Å²) in [6.07, 6.45) is 1.46. The highest BCUT2D eigenvalue weighted by Crippen LogP contribution is 2.07. The molecule has 5 heteroatoms. The molecule has 0 fully saturated rings. The normalized spacial score (nSPS) is 12.5. The van der Waals surface area contributed by atoms with Crippen molar-refractivity contribution in [2.75, 3.05) is 0 Å². The molecular formula is C6H7NO2S2. The van der Waals surface area contributed by atoms with Crippen LogP contribution in [0.4, 0.5) is 0 Å². The second-order valence-electron chi connectivity index (χ2n) is 1.95. The van der Waals surface area contributed by atoms with Gasteiger partial charge in [0.2, 0.25) is 10.0 Å². The van der Waals surface area contributed by atoms with Gasteiger partial charge in [-0.3, -0.25) is 0 Å². The Morgan fingerprint density at radius 2 is 2.27 bits per heavy atom. The Morgan fingerprint density at radius 3 is 2.73 bits per heavy atom. The minimum atomic E-state index is -3.48. The van der Waals surface area contributed by atoms with Crippen LogP contribution in [-0.2, 0) is 10.0 Å². The van der Waals surface area contributed by atoms with Crippen LogP contribution >= 0.6 is 11.3 Å². The van der Waals surface area contributed by atoms with Gasteiger partial charge in [-0.15, -0.1) is 0 Å². The van der Waals surface area contributed by atoms with E-state index in [0.29, 0.717) is 0 Å². The largest absolute Gasteiger partial charge is 0.231 e. The number of thiophene rings is 1. The van der Waals surface area contributed by atoms with E-state index in [0.717, 1.165) is 11.0 Å². The molecule has 1 rings (SSSR count). The van der Waals surface area contributed by atoms with E-state index in [1.54, 1.807) is 0 Å². The lowest BCUT2D eigenvalue weighted by Gasteiger charge is -1.83. The lowest BCUT2D eigenvalue weighted by atomic mass is 10.3. The summed E-state index contributed by atoms with van der Waals surface area (Å²) in [4.78, 5) is 0. The summed E-state index contributed by atoms with van der Waals surface area (Å²) in [7, 11) is -3.48. The maximum absolute atomic E-state index is 10.4. The van der Waals surface area contributed by atoms with E-state index in [1.807, 2.05) is 16.8 Å². The van der Waals surface area contributed by atoms with Gasteiger partial charge in [0.25, 0.3) is 0 Å². The summed E-state index contributed by atoms with van der Waals surface area (Å²) in [5.74, 6) is 0. The molecule has 0 saturated heterocycles. The maximum atomic E-state index is 10.4. The van der Waals surface area contributed by atoms with E-state index in [2.05, 4.69) is 0 Å². The van der Waals surface area contributed by atoms with Crippen LogP contribution in [0, 0.1) is 0 Å². The Hall–Kier alpha value is -0.650. The van der Waals surface area contributed by atoms with E-state index < -0.39 is 10.0 Å². The zero-order chi connectivity index (χ0) is 8.32. The number of rotatable bonds is 2. The zero-order valence-electron chi connectivity index (χ0n) is 5.60. The minimum absolute atomic E-state index is 0.851. The summed E-state index contributed by atoms with van der Waals surface area (Å²) in [6, 6.07) is 1.81. The Morgan fingerprint density at radius 1 is 1.55 bits per heavy atom. The third-order valence-electron chi connectivity index (χ3n) is 0.993. The number of hydrogen-bond acceptors (Lipinski definition) is 3. The molecule has 1 aromatic rings. The summed E-state index contributed by atoms with van der Waals surface area (Å²) >= 11 is 1.50. The van der Waals surface area contributed by atoms with E-state index >= 15 is 0 Å². The van der Waals surface area contributed by atoms with Crippen LogP contribution in [0.3, 0.4) is 0 Å². The lowest BCUT2D eigenvalue weighted by molar-refractivity contribution is 0.606. The fourth-order valence-corrected chi connectivity index (χ4v) is 1.52. The maximum Gasteiger partial charge on any atom is 0.231 e. The van der Waals surface area contributed by atoms with Gasteiger partial charge in [-0.25, -0.2) is 13.6 Å². The van der Waals surface area contributed by atoms with Crippen LogP contribution in [0.1, 0.15) is 5.56 Å². The molecule has 0 saturated carbocycles. The van der Waals surface area contributed by atoms with Crippen molar-refractivity contribution in [3.05, 3.63) is 27.8 Å². The van der Waals surface area contributed by atoms with Crippen LogP contribution < -0.4 is 5.14 Å². The molecule has 0 atom stereocenters. The van der Waals surface area contributed by atoms with Gasteiger partial charge in [-0.1, -0.05) is 0 Å². The highest BCUT2D eigenvalue weighted by atomic mass is 32.2. The molecule has 0 unspecified atom stereocenters. The topological polar surface area (TPSA) is 60.2 Å². The first kappa shape index (κ1) is 8.45. The van der Waals surface area contributed by atoms with E-state index in [4.69, 9.17) is 5.14 Å². The second kappa shape index (κ2) is 3.17. The van der Waals surface area contributed by atoms with Gasteiger partial charge in [0, 0.05) is 5.41 Å². The number of hydrogen-bond donors (Lipinski definition) is 1. The molecule has 0 aromatic carbocycles. The van der Waals surface area contributed by atoms with Crippen LogP contribution in [0.15, 0.2) is 22.2 Å². The van der Waals surface area contributed by atoms with Crippen molar-refractivity contribution in [1.29, 1.82) is 0 Å². The molecule has 1 aromatic heterocycles. The van der Waals surface area contributed by atoms with Gasteiger partial charge < -0.3 is 0 Å². The molecule has 3 nitrogen and oxygen atoms in total. The van der Waals surface area contributed by atoms with Crippen molar-refractivity contribution in [2.45, 2.75) is 0 Å². The van der Waals surface area contributed by atoms with Crippen molar-refractivity contribution >= 4 is 27.4 Å². The molecule has 0 radical (unpaired) electrons. The van der Waals surface area contributed by atoms with E-state index in [1.165, 1.54) is 17.4 Å². The first-order valence-electron chi connectivity index (χ1n) is 2.81. The van der Waals surface area contributed by atoms with Gasteiger partial charge >= 0.3 is 0 Å². The predicted octanol–water partition coefficient (Wildman–Crippen LogP) is 1.01.